The molecule has 13 heavy (non-hydrogen) atoms. The molecule has 0 spiro atoms. The van der Waals surface area contributed by atoms with Crippen molar-refractivity contribution in [2.75, 3.05) is 27.1 Å². The molecule has 3 heteroatoms. The van der Waals surface area contributed by atoms with Crippen molar-refractivity contribution in [1.29, 1.82) is 0 Å². The molecule has 3 nitrogen and oxygen atoms in total. The van der Waals surface area contributed by atoms with Crippen molar-refractivity contribution in [3.63, 3.8) is 0 Å². The van der Waals surface area contributed by atoms with E-state index in [9.17, 15) is 0 Å². The summed E-state index contributed by atoms with van der Waals surface area (Å²) in [5.74, 6) is 0. The maximum absolute atomic E-state index is 5.35. The van der Waals surface area contributed by atoms with Crippen LogP contribution in [-0.2, 0) is 9.47 Å². The van der Waals surface area contributed by atoms with E-state index in [0.29, 0.717) is 6.73 Å². The summed E-state index contributed by atoms with van der Waals surface area (Å²) in [5, 5.41) is 0. The number of rotatable bonds is 9. The molecule has 0 aromatic rings. The molecule has 0 amide bonds. The molecular formula is C10H19NO2. The summed E-state index contributed by atoms with van der Waals surface area (Å²) < 4.78 is 10.3. The van der Waals surface area contributed by atoms with Crippen LogP contribution in [0.1, 0.15) is 12.8 Å². The van der Waals surface area contributed by atoms with Gasteiger partial charge in [-0.25, -0.2) is 0 Å². The first-order valence-corrected chi connectivity index (χ1v) is 4.42. The van der Waals surface area contributed by atoms with Crippen molar-refractivity contribution in [2.24, 2.45) is 0 Å². The zero-order chi connectivity index (χ0) is 9.94. The van der Waals surface area contributed by atoms with Crippen LogP contribution < -0.4 is 0 Å². The molecule has 76 valence electrons. The van der Waals surface area contributed by atoms with Crippen LogP contribution in [-0.4, -0.2) is 32.0 Å². The highest BCUT2D eigenvalue weighted by molar-refractivity contribution is 4.77. The van der Waals surface area contributed by atoms with Crippen LogP contribution in [0.5, 0.6) is 0 Å². The lowest BCUT2D eigenvalue weighted by molar-refractivity contribution is 0.0684. The molecule has 0 atom stereocenters. The fourth-order valence-corrected chi connectivity index (χ4v) is 0.800. The van der Waals surface area contributed by atoms with E-state index in [-0.39, 0.29) is 0 Å². The van der Waals surface area contributed by atoms with Gasteiger partial charge < -0.3 is 14.4 Å². The summed E-state index contributed by atoms with van der Waals surface area (Å²) in [5.41, 5.74) is 0. The first-order chi connectivity index (χ1) is 6.35. The molecule has 0 saturated carbocycles. The SMILES string of the molecule is C=CN(C=C)COCCCCOC. The number of nitrogens with zero attached hydrogens (tertiary/aromatic N) is 1. The summed E-state index contributed by atoms with van der Waals surface area (Å²) in [6, 6.07) is 0. The Balaban J connectivity index is 3.14. The van der Waals surface area contributed by atoms with E-state index in [0.717, 1.165) is 26.1 Å². The highest BCUT2D eigenvalue weighted by Crippen LogP contribution is 1.93. The van der Waals surface area contributed by atoms with Crippen LogP contribution in [0.15, 0.2) is 25.6 Å². The van der Waals surface area contributed by atoms with Gasteiger partial charge in [0.15, 0.2) is 0 Å². The van der Waals surface area contributed by atoms with Crippen LogP contribution in [0.25, 0.3) is 0 Å². The summed E-state index contributed by atoms with van der Waals surface area (Å²) in [4.78, 5) is 1.79. The van der Waals surface area contributed by atoms with E-state index >= 15 is 0 Å². The second-order valence-corrected chi connectivity index (χ2v) is 2.62. The first kappa shape index (κ1) is 12.2. The number of ether oxygens (including phenoxy) is 2. The van der Waals surface area contributed by atoms with Crippen molar-refractivity contribution in [2.45, 2.75) is 12.8 Å². The van der Waals surface area contributed by atoms with Crippen molar-refractivity contribution in [3.8, 4) is 0 Å². The van der Waals surface area contributed by atoms with Gasteiger partial charge in [-0.3, -0.25) is 0 Å². The van der Waals surface area contributed by atoms with Gasteiger partial charge in [0.25, 0.3) is 0 Å². The number of unbranched alkanes of at least 4 members (excludes halogenated alkanes) is 1. The lowest BCUT2D eigenvalue weighted by Crippen LogP contribution is -2.14. The monoisotopic (exact) mass is 185 g/mol. The largest absolute Gasteiger partial charge is 0.385 e. The standard InChI is InChI=1S/C10H19NO2/c1-4-11(5-2)10-13-9-7-6-8-12-3/h4-5H,1-2,6-10H2,3H3. The fraction of sp³-hybridized carbons (Fsp3) is 0.600. The lowest BCUT2D eigenvalue weighted by Gasteiger charge is -2.13. The van der Waals surface area contributed by atoms with Crippen molar-refractivity contribution >= 4 is 0 Å². The molecule has 0 fully saturated rings. The van der Waals surface area contributed by atoms with Crippen LogP contribution in [0, 0.1) is 0 Å². The molecule has 0 aliphatic carbocycles. The lowest BCUT2D eigenvalue weighted by atomic mass is 10.3. The average molecular weight is 185 g/mol. The number of hydrogen-bond acceptors (Lipinski definition) is 3. The molecule has 0 bridgehead atoms. The normalized spacial score (nSPS) is 9.62. The van der Waals surface area contributed by atoms with Crippen molar-refractivity contribution < 1.29 is 9.47 Å². The van der Waals surface area contributed by atoms with Gasteiger partial charge in [-0.2, -0.15) is 0 Å². The Morgan fingerprint density at radius 3 is 2.31 bits per heavy atom. The summed E-state index contributed by atoms with van der Waals surface area (Å²) in [6.07, 6.45) is 5.43. The molecule has 0 N–H and O–H groups in total. The van der Waals surface area contributed by atoms with E-state index in [2.05, 4.69) is 13.2 Å². The van der Waals surface area contributed by atoms with E-state index in [1.54, 1.807) is 24.4 Å². The predicted octanol–water partition coefficient (Wildman–Crippen LogP) is 1.98. The molecule has 0 radical (unpaired) electrons. The maximum atomic E-state index is 5.35. The van der Waals surface area contributed by atoms with Gasteiger partial charge in [0.1, 0.15) is 6.73 Å². The van der Waals surface area contributed by atoms with Crippen LogP contribution >= 0.6 is 0 Å². The molecule has 0 unspecified atom stereocenters. The first-order valence-electron chi connectivity index (χ1n) is 4.42. The second-order valence-electron chi connectivity index (χ2n) is 2.62. The Morgan fingerprint density at radius 1 is 1.15 bits per heavy atom. The molecule has 0 heterocycles. The van der Waals surface area contributed by atoms with E-state index in [1.165, 1.54) is 0 Å². The predicted molar refractivity (Wildman–Crippen MR) is 54.2 cm³/mol. The third-order valence-corrected chi connectivity index (χ3v) is 1.60. The van der Waals surface area contributed by atoms with Crippen molar-refractivity contribution in [3.05, 3.63) is 25.6 Å². The van der Waals surface area contributed by atoms with Gasteiger partial charge in [-0.05, 0) is 25.2 Å². The molecule has 0 aliphatic heterocycles. The molecule has 0 saturated heterocycles. The Labute approximate surface area is 80.6 Å². The molecular weight excluding hydrogens is 166 g/mol. The molecule has 0 rings (SSSR count). The summed E-state index contributed by atoms with van der Waals surface area (Å²) in [7, 11) is 1.71. The van der Waals surface area contributed by atoms with E-state index < -0.39 is 0 Å². The van der Waals surface area contributed by atoms with Gasteiger partial charge in [-0.15, -0.1) is 0 Å². The maximum Gasteiger partial charge on any atom is 0.122 e. The summed E-state index contributed by atoms with van der Waals surface area (Å²) in [6.45, 7) is 9.31. The van der Waals surface area contributed by atoms with Gasteiger partial charge in [0.05, 0.1) is 0 Å². The van der Waals surface area contributed by atoms with E-state index in [4.69, 9.17) is 9.47 Å². The quantitative estimate of drug-likeness (QED) is 0.405. The molecule has 0 aromatic carbocycles. The van der Waals surface area contributed by atoms with Crippen LogP contribution in [0.4, 0.5) is 0 Å². The minimum absolute atomic E-state index is 0.528. The zero-order valence-electron chi connectivity index (χ0n) is 8.37. The van der Waals surface area contributed by atoms with Crippen LogP contribution in [0.2, 0.25) is 0 Å². The molecule has 0 aromatic heterocycles. The minimum atomic E-state index is 0.528. The zero-order valence-corrected chi connectivity index (χ0v) is 8.37. The Kier molecular flexibility index (Phi) is 8.72. The highest BCUT2D eigenvalue weighted by atomic mass is 16.5. The third kappa shape index (κ3) is 7.56. The smallest absolute Gasteiger partial charge is 0.122 e. The Bertz CT molecular complexity index is 129. The third-order valence-electron chi connectivity index (χ3n) is 1.60. The van der Waals surface area contributed by atoms with Crippen molar-refractivity contribution in [1.82, 2.24) is 4.90 Å². The van der Waals surface area contributed by atoms with Gasteiger partial charge in [0.2, 0.25) is 0 Å². The summed E-state index contributed by atoms with van der Waals surface area (Å²) >= 11 is 0. The topological polar surface area (TPSA) is 21.7 Å². The van der Waals surface area contributed by atoms with Gasteiger partial charge in [-0.1, -0.05) is 13.2 Å². The number of methoxy groups -OCH3 is 1. The van der Waals surface area contributed by atoms with Crippen LogP contribution in [0.3, 0.4) is 0 Å². The van der Waals surface area contributed by atoms with Gasteiger partial charge in [0, 0.05) is 20.3 Å². The highest BCUT2D eigenvalue weighted by Gasteiger charge is 1.92. The second kappa shape index (κ2) is 9.29. The Hall–Kier alpha value is -0.800. The fourth-order valence-electron chi connectivity index (χ4n) is 0.800. The average Bonchev–Trinajstić information content (AvgIpc) is 2.17. The van der Waals surface area contributed by atoms with Gasteiger partial charge >= 0.3 is 0 Å². The number of hydrogen-bond donors (Lipinski definition) is 0. The van der Waals surface area contributed by atoms with E-state index in [1.807, 2.05) is 0 Å². The minimum Gasteiger partial charge on any atom is -0.385 e. The molecule has 0 aliphatic rings. The Morgan fingerprint density at radius 2 is 1.77 bits per heavy atom.